The van der Waals surface area contributed by atoms with Crippen LogP contribution in [-0.2, 0) is 0 Å². The molecule has 0 amide bonds. The van der Waals surface area contributed by atoms with Gasteiger partial charge in [-0.2, -0.15) is 0 Å². The zero-order valence-corrected chi connectivity index (χ0v) is 14.0. The van der Waals surface area contributed by atoms with Gasteiger partial charge in [0.2, 0.25) is 0 Å². The number of nitrogens with one attached hydrogen (secondary N) is 1. The normalized spacial score (nSPS) is 42.8. The number of rotatable bonds is 5. The van der Waals surface area contributed by atoms with E-state index in [0.717, 1.165) is 23.7 Å². The molecule has 5 atom stereocenters. The molecular formula is C18H34N2. The van der Waals surface area contributed by atoms with Gasteiger partial charge in [-0.1, -0.05) is 20.3 Å². The molecule has 0 aliphatic heterocycles. The first-order valence-electron chi connectivity index (χ1n) is 8.85. The van der Waals surface area contributed by atoms with Gasteiger partial charge in [0.25, 0.3) is 0 Å². The van der Waals surface area contributed by atoms with Crippen LogP contribution in [0.1, 0.15) is 52.4 Å². The summed E-state index contributed by atoms with van der Waals surface area (Å²) in [6, 6.07) is 0.699. The van der Waals surface area contributed by atoms with Crippen LogP contribution in [0.4, 0.5) is 0 Å². The lowest BCUT2D eigenvalue weighted by molar-refractivity contribution is 0.173. The highest BCUT2D eigenvalue weighted by molar-refractivity contribution is 4.97. The third-order valence-corrected chi connectivity index (χ3v) is 6.76. The van der Waals surface area contributed by atoms with Crippen molar-refractivity contribution in [2.45, 2.75) is 58.4 Å². The van der Waals surface area contributed by atoms with E-state index in [-0.39, 0.29) is 0 Å². The molecule has 1 N–H and O–H groups in total. The fourth-order valence-electron chi connectivity index (χ4n) is 5.82. The fraction of sp³-hybridized carbons (Fsp3) is 1.00. The second kappa shape index (κ2) is 5.61. The number of hydrogen-bond acceptors (Lipinski definition) is 2. The van der Waals surface area contributed by atoms with E-state index in [0.29, 0.717) is 11.5 Å². The predicted octanol–water partition coefficient (Wildman–Crippen LogP) is 3.38. The SMILES string of the molecule is CNC1C(CN(C)CC2CC3CCC2C3)CCC1(C)C. The van der Waals surface area contributed by atoms with Crippen LogP contribution < -0.4 is 5.32 Å². The van der Waals surface area contributed by atoms with Gasteiger partial charge in [-0.05, 0) is 75.3 Å². The third-order valence-electron chi connectivity index (χ3n) is 6.76. The van der Waals surface area contributed by atoms with Gasteiger partial charge < -0.3 is 10.2 Å². The Morgan fingerprint density at radius 2 is 1.80 bits per heavy atom. The molecule has 3 aliphatic rings. The Morgan fingerprint density at radius 3 is 2.40 bits per heavy atom. The van der Waals surface area contributed by atoms with Crippen molar-refractivity contribution >= 4 is 0 Å². The summed E-state index contributed by atoms with van der Waals surface area (Å²) >= 11 is 0. The van der Waals surface area contributed by atoms with Crippen molar-refractivity contribution < 1.29 is 0 Å². The first-order valence-corrected chi connectivity index (χ1v) is 8.85. The molecule has 0 aromatic carbocycles. The summed E-state index contributed by atoms with van der Waals surface area (Å²) in [6.07, 6.45) is 8.92. The Kier molecular flexibility index (Phi) is 4.16. The van der Waals surface area contributed by atoms with Crippen molar-refractivity contribution in [1.82, 2.24) is 10.2 Å². The molecule has 0 aromatic heterocycles. The number of nitrogens with zero attached hydrogens (tertiary/aromatic N) is 1. The summed E-state index contributed by atoms with van der Waals surface area (Å²) in [6.45, 7) is 7.52. The van der Waals surface area contributed by atoms with Gasteiger partial charge in [0.15, 0.2) is 0 Å². The topological polar surface area (TPSA) is 15.3 Å². The minimum Gasteiger partial charge on any atom is -0.316 e. The van der Waals surface area contributed by atoms with Gasteiger partial charge in [0.05, 0.1) is 0 Å². The Bertz CT molecular complexity index is 338. The Morgan fingerprint density at radius 1 is 1.05 bits per heavy atom. The smallest absolute Gasteiger partial charge is 0.0156 e. The monoisotopic (exact) mass is 278 g/mol. The molecule has 0 spiro atoms. The largest absolute Gasteiger partial charge is 0.316 e. The van der Waals surface area contributed by atoms with E-state index in [1.807, 2.05) is 0 Å². The average molecular weight is 278 g/mol. The van der Waals surface area contributed by atoms with Crippen molar-refractivity contribution in [3.05, 3.63) is 0 Å². The van der Waals surface area contributed by atoms with E-state index in [9.17, 15) is 0 Å². The number of hydrogen-bond donors (Lipinski definition) is 1. The van der Waals surface area contributed by atoms with E-state index in [4.69, 9.17) is 0 Å². The van der Waals surface area contributed by atoms with E-state index in [1.54, 1.807) is 6.42 Å². The first kappa shape index (κ1) is 14.8. The van der Waals surface area contributed by atoms with Crippen molar-refractivity contribution in [2.75, 3.05) is 27.2 Å². The van der Waals surface area contributed by atoms with E-state index >= 15 is 0 Å². The summed E-state index contributed by atoms with van der Waals surface area (Å²) < 4.78 is 0. The van der Waals surface area contributed by atoms with Crippen LogP contribution in [0.25, 0.3) is 0 Å². The molecule has 0 heterocycles. The zero-order chi connectivity index (χ0) is 14.3. The molecule has 3 aliphatic carbocycles. The van der Waals surface area contributed by atoms with Crippen LogP contribution in [0.3, 0.4) is 0 Å². The quantitative estimate of drug-likeness (QED) is 0.829. The molecule has 2 heteroatoms. The predicted molar refractivity (Wildman–Crippen MR) is 85.8 cm³/mol. The number of fused-ring (bicyclic) bond motifs is 2. The molecule has 3 fully saturated rings. The molecule has 0 aromatic rings. The van der Waals surface area contributed by atoms with Gasteiger partial charge in [0, 0.05) is 19.1 Å². The van der Waals surface area contributed by atoms with Gasteiger partial charge in [-0.3, -0.25) is 0 Å². The third kappa shape index (κ3) is 2.78. The lowest BCUT2D eigenvalue weighted by Crippen LogP contribution is -2.44. The van der Waals surface area contributed by atoms with Crippen LogP contribution in [0.5, 0.6) is 0 Å². The summed E-state index contributed by atoms with van der Waals surface area (Å²) in [5, 5.41) is 3.60. The maximum absolute atomic E-state index is 3.60. The molecule has 116 valence electrons. The van der Waals surface area contributed by atoms with Crippen LogP contribution in [0, 0.1) is 29.1 Å². The van der Waals surface area contributed by atoms with Crippen LogP contribution >= 0.6 is 0 Å². The molecule has 0 saturated heterocycles. The second-order valence-electron chi connectivity index (χ2n) is 8.71. The minimum absolute atomic E-state index is 0.479. The van der Waals surface area contributed by atoms with Gasteiger partial charge >= 0.3 is 0 Å². The summed E-state index contributed by atoms with van der Waals surface area (Å²) in [5.74, 6) is 4.02. The van der Waals surface area contributed by atoms with Crippen molar-refractivity contribution in [2.24, 2.45) is 29.1 Å². The van der Waals surface area contributed by atoms with Gasteiger partial charge in [-0.15, -0.1) is 0 Å². The van der Waals surface area contributed by atoms with Crippen LogP contribution in [0.15, 0.2) is 0 Å². The van der Waals surface area contributed by atoms with Crippen molar-refractivity contribution in [3.8, 4) is 0 Å². The molecule has 3 saturated carbocycles. The first-order chi connectivity index (χ1) is 9.49. The minimum atomic E-state index is 0.479. The highest BCUT2D eigenvalue weighted by Gasteiger charge is 2.42. The molecular weight excluding hydrogens is 244 g/mol. The maximum atomic E-state index is 3.60. The highest BCUT2D eigenvalue weighted by atomic mass is 15.1. The molecule has 2 bridgehead atoms. The fourth-order valence-corrected chi connectivity index (χ4v) is 5.82. The molecule has 0 radical (unpaired) electrons. The zero-order valence-electron chi connectivity index (χ0n) is 14.0. The van der Waals surface area contributed by atoms with E-state index in [1.165, 1.54) is 45.2 Å². The van der Waals surface area contributed by atoms with Gasteiger partial charge in [0.1, 0.15) is 0 Å². The lowest BCUT2D eigenvalue weighted by Gasteiger charge is -2.34. The summed E-state index contributed by atoms with van der Waals surface area (Å²) in [5.41, 5.74) is 0.479. The Hall–Kier alpha value is -0.0800. The lowest BCUT2D eigenvalue weighted by atomic mass is 9.84. The van der Waals surface area contributed by atoms with Crippen LogP contribution in [-0.4, -0.2) is 38.1 Å². The highest BCUT2D eigenvalue weighted by Crippen LogP contribution is 2.48. The molecule has 2 nitrogen and oxygen atoms in total. The standard InChI is InChI=1S/C18H34N2/c1-18(2)8-7-15(17(18)19-3)11-20(4)12-16-10-13-5-6-14(16)9-13/h13-17,19H,5-12H2,1-4H3. The van der Waals surface area contributed by atoms with Gasteiger partial charge in [-0.25, -0.2) is 0 Å². The Labute approximate surface area is 125 Å². The second-order valence-corrected chi connectivity index (χ2v) is 8.71. The summed E-state index contributed by atoms with van der Waals surface area (Å²) in [7, 11) is 4.52. The van der Waals surface area contributed by atoms with E-state index in [2.05, 4.69) is 38.2 Å². The molecule has 20 heavy (non-hydrogen) atoms. The van der Waals surface area contributed by atoms with Crippen molar-refractivity contribution in [1.29, 1.82) is 0 Å². The average Bonchev–Trinajstić information content (AvgIpc) is 3.04. The molecule has 5 unspecified atom stereocenters. The van der Waals surface area contributed by atoms with Crippen molar-refractivity contribution in [3.63, 3.8) is 0 Å². The van der Waals surface area contributed by atoms with Crippen LogP contribution in [0.2, 0.25) is 0 Å². The summed E-state index contributed by atoms with van der Waals surface area (Å²) in [4.78, 5) is 2.65. The van der Waals surface area contributed by atoms with E-state index < -0.39 is 0 Å². The Balaban J connectivity index is 1.50. The molecule has 3 rings (SSSR count). The maximum Gasteiger partial charge on any atom is 0.0156 e.